The maximum atomic E-state index is 5.07. The van der Waals surface area contributed by atoms with Gasteiger partial charge < -0.3 is 15.0 Å². The summed E-state index contributed by atoms with van der Waals surface area (Å²) in [5, 5.41) is 3.72. The second-order valence-electron chi connectivity index (χ2n) is 6.00. The zero-order valence-electron chi connectivity index (χ0n) is 13.3. The average molecular weight is 270 g/mol. The van der Waals surface area contributed by atoms with E-state index in [1.165, 1.54) is 58.2 Å². The summed E-state index contributed by atoms with van der Waals surface area (Å²) in [5.41, 5.74) is 0. The summed E-state index contributed by atoms with van der Waals surface area (Å²) in [6.07, 6.45) is 7.82. The molecule has 0 amide bonds. The van der Waals surface area contributed by atoms with Crippen molar-refractivity contribution in [3.63, 3.8) is 0 Å². The molecule has 3 heteroatoms. The van der Waals surface area contributed by atoms with Crippen LogP contribution in [0.15, 0.2) is 0 Å². The Labute approximate surface area is 120 Å². The fourth-order valence-electron chi connectivity index (χ4n) is 3.06. The van der Waals surface area contributed by atoms with Crippen molar-refractivity contribution in [3.05, 3.63) is 0 Å². The van der Waals surface area contributed by atoms with Crippen LogP contribution in [0.1, 0.15) is 52.4 Å². The molecule has 0 bridgehead atoms. The molecule has 2 unspecified atom stereocenters. The number of ether oxygens (including phenoxy) is 1. The molecule has 1 heterocycles. The molecule has 19 heavy (non-hydrogen) atoms. The molecule has 0 saturated carbocycles. The van der Waals surface area contributed by atoms with Crippen molar-refractivity contribution in [1.29, 1.82) is 0 Å². The molecule has 1 N–H and O–H groups in total. The lowest BCUT2D eigenvalue weighted by Gasteiger charge is -2.36. The highest BCUT2D eigenvalue weighted by atomic mass is 16.5. The second kappa shape index (κ2) is 10.6. The van der Waals surface area contributed by atoms with Gasteiger partial charge in [0.2, 0.25) is 0 Å². The maximum absolute atomic E-state index is 5.07. The molecular formula is C16H34N2O. The van der Waals surface area contributed by atoms with E-state index in [4.69, 9.17) is 4.74 Å². The van der Waals surface area contributed by atoms with Gasteiger partial charge in [-0.2, -0.15) is 0 Å². The molecule has 1 fully saturated rings. The van der Waals surface area contributed by atoms with E-state index >= 15 is 0 Å². The van der Waals surface area contributed by atoms with Crippen LogP contribution in [0.3, 0.4) is 0 Å². The van der Waals surface area contributed by atoms with E-state index < -0.39 is 0 Å². The normalized spacial score (nSPS) is 22.6. The van der Waals surface area contributed by atoms with Crippen LogP contribution in [0.2, 0.25) is 0 Å². The first-order chi connectivity index (χ1) is 9.27. The second-order valence-corrected chi connectivity index (χ2v) is 6.00. The number of nitrogens with zero attached hydrogens (tertiary/aromatic N) is 1. The van der Waals surface area contributed by atoms with Crippen molar-refractivity contribution in [2.75, 3.05) is 39.9 Å². The third-order valence-corrected chi connectivity index (χ3v) is 4.28. The van der Waals surface area contributed by atoms with Crippen LogP contribution in [0.4, 0.5) is 0 Å². The number of nitrogens with one attached hydrogen (secondary N) is 1. The van der Waals surface area contributed by atoms with Gasteiger partial charge in [0.05, 0.1) is 0 Å². The molecule has 1 aliphatic heterocycles. The standard InChI is InChI=1S/C16H34N2O/c1-4-11-18-12-8-9-16(14-18)15(2)17-10-6-5-7-13-19-3/h15-17H,4-14H2,1-3H3. The summed E-state index contributed by atoms with van der Waals surface area (Å²) in [4.78, 5) is 2.64. The van der Waals surface area contributed by atoms with Gasteiger partial charge in [-0.15, -0.1) is 0 Å². The first kappa shape index (κ1) is 16.9. The Morgan fingerprint density at radius 3 is 2.89 bits per heavy atom. The molecular weight excluding hydrogens is 236 g/mol. The van der Waals surface area contributed by atoms with Gasteiger partial charge in [-0.25, -0.2) is 0 Å². The smallest absolute Gasteiger partial charge is 0.0462 e. The van der Waals surface area contributed by atoms with Crippen molar-refractivity contribution in [2.45, 2.75) is 58.4 Å². The Morgan fingerprint density at radius 1 is 1.32 bits per heavy atom. The largest absolute Gasteiger partial charge is 0.385 e. The summed E-state index contributed by atoms with van der Waals surface area (Å²) >= 11 is 0. The Bertz CT molecular complexity index is 209. The molecule has 0 aromatic carbocycles. The summed E-state index contributed by atoms with van der Waals surface area (Å²) in [6.45, 7) is 10.6. The minimum atomic E-state index is 0.669. The van der Waals surface area contributed by atoms with Gasteiger partial charge in [-0.1, -0.05) is 6.92 Å². The maximum Gasteiger partial charge on any atom is 0.0462 e. The van der Waals surface area contributed by atoms with Gasteiger partial charge in [-0.3, -0.25) is 0 Å². The molecule has 0 aliphatic carbocycles. The lowest BCUT2D eigenvalue weighted by molar-refractivity contribution is 0.150. The molecule has 1 aliphatic rings. The monoisotopic (exact) mass is 270 g/mol. The predicted octanol–water partition coefficient (Wildman–Crippen LogP) is 2.90. The van der Waals surface area contributed by atoms with Crippen LogP contribution in [-0.2, 0) is 4.74 Å². The zero-order valence-corrected chi connectivity index (χ0v) is 13.3. The third-order valence-electron chi connectivity index (χ3n) is 4.28. The minimum absolute atomic E-state index is 0.669. The van der Waals surface area contributed by atoms with Crippen LogP contribution < -0.4 is 5.32 Å². The molecule has 1 rings (SSSR count). The molecule has 2 atom stereocenters. The fraction of sp³-hybridized carbons (Fsp3) is 1.00. The first-order valence-corrected chi connectivity index (χ1v) is 8.22. The van der Waals surface area contributed by atoms with Crippen molar-refractivity contribution >= 4 is 0 Å². The van der Waals surface area contributed by atoms with Crippen molar-refractivity contribution < 1.29 is 4.74 Å². The molecule has 0 aromatic rings. The van der Waals surface area contributed by atoms with Gasteiger partial charge in [0.1, 0.15) is 0 Å². The van der Waals surface area contributed by atoms with E-state index in [1.807, 2.05) is 0 Å². The lowest BCUT2D eigenvalue weighted by Crippen LogP contribution is -2.44. The SMILES string of the molecule is CCCN1CCCC(C(C)NCCCCCOC)C1. The number of likely N-dealkylation sites (tertiary alicyclic amines) is 1. The van der Waals surface area contributed by atoms with E-state index in [-0.39, 0.29) is 0 Å². The molecule has 1 saturated heterocycles. The van der Waals surface area contributed by atoms with Crippen molar-refractivity contribution in [1.82, 2.24) is 10.2 Å². The number of unbranched alkanes of at least 4 members (excludes halogenated alkanes) is 2. The van der Waals surface area contributed by atoms with Crippen LogP contribution in [0.25, 0.3) is 0 Å². The number of hydrogen-bond acceptors (Lipinski definition) is 3. The Balaban J connectivity index is 2.09. The Kier molecular flexibility index (Phi) is 9.48. The number of methoxy groups -OCH3 is 1. The van der Waals surface area contributed by atoms with E-state index in [9.17, 15) is 0 Å². The summed E-state index contributed by atoms with van der Waals surface area (Å²) in [6, 6.07) is 0.669. The average Bonchev–Trinajstić information content (AvgIpc) is 2.43. The van der Waals surface area contributed by atoms with Gasteiger partial charge in [0.25, 0.3) is 0 Å². The van der Waals surface area contributed by atoms with Crippen molar-refractivity contribution in [2.24, 2.45) is 5.92 Å². The summed E-state index contributed by atoms with van der Waals surface area (Å²) in [7, 11) is 1.78. The van der Waals surface area contributed by atoms with Crippen LogP contribution in [0, 0.1) is 5.92 Å². The van der Waals surface area contributed by atoms with E-state index in [0.717, 1.165) is 19.1 Å². The van der Waals surface area contributed by atoms with Gasteiger partial charge in [0, 0.05) is 26.3 Å². The van der Waals surface area contributed by atoms with Gasteiger partial charge in [0.15, 0.2) is 0 Å². The lowest BCUT2D eigenvalue weighted by atomic mass is 9.91. The number of hydrogen-bond donors (Lipinski definition) is 1. The van der Waals surface area contributed by atoms with Gasteiger partial charge in [-0.05, 0) is 71.0 Å². The van der Waals surface area contributed by atoms with Crippen LogP contribution in [-0.4, -0.2) is 50.8 Å². The molecule has 0 aromatic heterocycles. The topological polar surface area (TPSA) is 24.5 Å². The zero-order chi connectivity index (χ0) is 13.9. The van der Waals surface area contributed by atoms with E-state index in [2.05, 4.69) is 24.1 Å². The van der Waals surface area contributed by atoms with Crippen LogP contribution in [0.5, 0.6) is 0 Å². The molecule has 0 spiro atoms. The predicted molar refractivity (Wildman–Crippen MR) is 82.6 cm³/mol. The molecule has 3 nitrogen and oxygen atoms in total. The highest BCUT2D eigenvalue weighted by molar-refractivity contribution is 4.80. The van der Waals surface area contributed by atoms with E-state index in [1.54, 1.807) is 7.11 Å². The van der Waals surface area contributed by atoms with Crippen LogP contribution >= 0.6 is 0 Å². The summed E-state index contributed by atoms with van der Waals surface area (Å²) < 4.78 is 5.07. The quantitative estimate of drug-likeness (QED) is 0.618. The highest BCUT2D eigenvalue weighted by Crippen LogP contribution is 2.19. The molecule has 114 valence electrons. The van der Waals surface area contributed by atoms with Gasteiger partial charge >= 0.3 is 0 Å². The first-order valence-electron chi connectivity index (χ1n) is 8.22. The highest BCUT2D eigenvalue weighted by Gasteiger charge is 2.23. The third kappa shape index (κ3) is 7.28. The number of rotatable bonds is 10. The Morgan fingerprint density at radius 2 is 2.16 bits per heavy atom. The summed E-state index contributed by atoms with van der Waals surface area (Å²) in [5.74, 6) is 0.847. The number of piperidine rings is 1. The molecule has 0 radical (unpaired) electrons. The van der Waals surface area contributed by atoms with Crippen molar-refractivity contribution in [3.8, 4) is 0 Å². The Hall–Kier alpha value is -0.120. The minimum Gasteiger partial charge on any atom is -0.385 e. The van der Waals surface area contributed by atoms with E-state index in [0.29, 0.717) is 6.04 Å². The fourth-order valence-corrected chi connectivity index (χ4v) is 3.06.